The van der Waals surface area contributed by atoms with Crippen LogP contribution in [0.1, 0.15) is 38.2 Å². The highest BCUT2D eigenvalue weighted by molar-refractivity contribution is 5.26. The normalized spacial score (nSPS) is 29.6. The third-order valence-electron chi connectivity index (χ3n) is 3.64. The number of hydrogen-bond acceptors (Lipinski definition) is 1. The maximum Gasteiger partial charge on any atom is 0.126 e. The summed E-state index contributed by atoms with van der Waals surface area (Å²) in [6.07, 6.45) is 3.25. The van der Waals surface area contributed by atoms with E-state index in [1.54, 1.807) is 0 Å². The van der Waals surface area contributed by atoms with E-state index in [-0.39, 0.29) is 5.92 Å². The average Bonchev–Trinajstić information content (AvgIpc) is 2.59. The first-order valence-electron chi connectivity index (χ1n) is 5.75. The lowest BCUT2D eigenvalue weighted by molar-refractivity contribution is -0.00441. The molecule has 88 valence electrons. The van der Waals surface area contributed by atoms with Gasteiger partial charge in [0.05, 0.1) is 5.60 Å². The first-order valence-corrected chi connectivity index (χ1v) is 5.75. The van der Waals surface area contributed by atoms with Crippen LogP contribution < -0.4 is 0 Å². The Kier molecular flexibility index (Phi) is 2.98. The summed E-state index contributed by atoms with van der Waals surface area (Å²) >= 11 is 0. The Labute approximate surface area is 94.1 Å². The summed E-state index contributed by atoms with van der Waals surface area (Å²) in [6.45, 7) is 2.00. The molecule has 0 saturated heterocycles. The third-order valence-corrected chi connectivity index (χ3v) is 3.64. The molecule has 0 bridgehead atoms. The molecule has 1 saturated carbocycles. The molecule has 1 aromatic rings. The van der Waals surface area contributed by atoms with E-state index in [0.717, 1.165) is 25.3 Å². The Hall–Kier alpha value is -0.960. The van der Waals surface area contributed by atoms with Crippen molar-refractivity contribution in [3.8, 4) is 0 Å². The summed E-state index contributed by atoms with van der Waals surface area (Å²) in [6, 6.07) is 3.33. The van der Waals surface area contributed by atoms with Crippen LogP contribution in [0, 0.1) is 17.6 Å². The van der Waals surface area contributed by atoms with Crippen molar-refractivity contribution in [3.05, 3.63) is 35.4 Å². The molecule has 2 rings (SSSR count). The van der Waals surface area contributed by atoms with Gasteiger partial charge in [-0.25, -0.2) is 8.78 Å². The second-order valence-corrected chi connectivity index (χ2v) is 4.58. The molecule has 2 atom stereocenters. The Morgan fingerprint density at radius 1 is 1.31 bits per heavy atom. The average molecular weight is 226 g/mol. The lowest BCUT2D eigenvalue weighted by Crippen LogP contribution is -2.30. The van der Waals surface area contributed by atoms with Crippen molar-refractivity contribution in [1.29, 1.82) is 0 Å². The van der Waals surface area contributed by atoms with Gasteiger partial charge < -0.3 is 5.11 Å². The highest BCUT2D eigenvalue weighted by Gasteiger charge is 2.41. The zero-order valence-corrected chi connectivity index (χ0v) is 9.34. The Bertz CT molecular complexity index is 371. The molecule has 0 spiro atoms. The molecule has 1 nitrogen and oxygen atoms in total. The first-order chi connectivity index (χ1) is 7.56. The van der Waals surface area contributed by atoms with Crippen molar-refractivity contribution in [3.63, 3.8) is 0 Å². The van der Waals surface area contributed by atoms with E-state index >= 15 is 0 Å². The SMILES string of the molecule is CCC1CCCC1(O)c1cc(F)cc(F)c1. The lowest BCUT2D eigenvalue weighted by atomic mass is 9.82. The number of benzene rings is 1. The molecular formula is C13H16F2O. The van der Waals surface area contributed by atoms with Crippen LogP contribution in [-0.2, 0) is 5.60 Å². The maximum absolute atomic E-state index is 13.1. The van der Waals surface area contributed by atoms with Crippen LogP contribution >= 0.6 is 0 Å². The van der Waals surface area contributed by atoms with Gasteiger partial charge >= 0.3 is 0 Å². The summed E-state index contributed by atoms with van der Waals surface area (Å²) in [4.78, 5) is 0. The molecule has 0 heterocycles. The van der Waals surface area contributed by atoms with Crippen LogP contribution in [0.5, 0.6) is 0 Å². The van der Waals surface area contributed by atoms with Crippen molar-refractivity contribution < 1.29 is 13.9 Å². The van der Waals surface area contributed by atoms with Crippen LogP contribution in [0.25, 0.3) is 0 Å². The minimum Gasteiger partial charge on any atom is -0.385 e. The molecule has 1 aliphatic rings. The van der Waals surface area contributed by atoms with E-state index in [2.05, 4.69) is 0 Å². The second kappa shape index (κ2) is 4.13. The summed E-state index contributed by atoms with van der Waals surface area (Å²) in [5.74, 6) is -1.14. The molecule has 0 aliphatic heterocycles. The number of aliphatic hydroxyl groups is 1. The highest BCUT2D eigenvalue weighted by atomic mass is 19.1. The van der Waals surface area contributed by atoms with Gasteiger partial charge in [0.2, 0.25) is 0 Å². The molecule has 2 unspecified atom stereocenters. The van der Waals surface area contributed by atoms with E-state index < -0.39 is 17.2 Å². The standard InChI is InChI=1S/C13H16F2O/c1-2-9-4-3-5-13(9,16)10-6-11(14)8-12(15)7-10/h6-9,16H,2-5H2,1H3. The third kappa shape index (κ3) is 1.84. The van der Waals surface area contributed by atoms with Crippen molar-refractivity contribution >= 4 is 0 Å². The summed E-state index contributed by atoms with van der Waals surface area (Å²) in [5, 5.41) is 10.5. The zero-order valence-electron chi connectivity index (χ0n) is 9.34. The number of halogens is 2. The molecule has 1 fully saturated rings. The van der Waals surface area contributed by atoms with Crippen LogP contribution in [0.15, 0.2) is 18.2 Å². The molecule has 0 radical (unpaired) electrons. The molecular weight excluding hydrogens is 210 g/mol. The number of hydrogen-bond donors (Lipinski definition) is 1. The Morgan fingerprint density at radius 2 is 1.94 bits per heavy atom. The minimum atomic E-state index is -1.04. The Balaban J connectivity index is 2.41. The summed E-state index contributed by atoms with van der Waals surface area (Å²) < 4.78 is 26.3. The fourth-order valence-corrected chi connectivity index (χ4v) is 2.79. The molecule has 1 N–H and O–H groups in total. The number of rotatable bonds is 2. The van der Waals surface area contributed by atoms with Crippen LogP contribution in [-0.4, -0.2) is 5.11 Å². The van der Waals surface area contributed by atoms with Gasteiger partial charge in [0.1, 0.15) is 11.6 Å². The van der Waals surface area contributed by atoms with E-state index in [9.17, 15) is 13.9 Å². The fraction of sp³-hybridized carbons (Fsp3) is 0.538. The van der Waals surface area contributed by atoms with Crippen molar-refractivity contribution in [2.45, 2.75) is 38.2 Å². The van der Waals surface area contributed by atoms with E-state index in [0.29, 0.717) is 12.0 Å². The predicted molar refractivity (Wildman–Crippen MR) is 57.9 cm³/mol. The maximum atomic E-state index is 13.1. The molecule has 0 amide bonds. The van der Waals surface area contributed by atoms with E-state index in [1.165, 1.54) is 12.1 Å². The second-order valence-electron chi connectivity index (χ2n) is 4.58. The van der Waals surface area contributed by atoms with Gasteiger partial charge in [-0.3, -0.25) is 0 Å². The fourth-order valence-electron chi connectivity index (χ4n) is 2.79. The van der Waals surface area contributed by atoms with Gasteiger partial charge in [-0.2, -0.15) is 0 Å². The van der Waals surface area contributed by atoms with Crippen molar-refractivity contribution in [2.75, 3.05) is 0 Å². The van der Waals surface area contributed by atoms with Gasteiger partial charge in [0.25, 0.3) is 0 Å². The molecule has 0 aromatic heterocycles. The van der Waals surface area contributed by atoms with Gasteiger partial charge in [0.15, 0.2) is 0 Å². The Morgan fingerprint density at radius 3 is 2.50 bits per heavy atom. The molecule has 16 heavy (non-hydrogen) atoms. The molecule has 1 aliphatic carbocycles. The van der Waals surface area contributed by atoms with Crippen LogP contribution in [0.2, 0.25) is 0 Å². The topological polar surface area (TPSA) is 20.2 Å². The predicted octanol–water partition coefficient (Wildman–Crippen LogP) is 3.36. The molecule has 1 aromatic carbocycles. The van der Waals surface area contributed by atoms with Crippen LogP contribution in [0.3, 0.4) is 0 Å². The van der Waals surface area contributed by atoms with E-state index in [1.807, 2.05) is 6.92 Å². The largest absolute Gasteiger partial charge is 0.385 e. The lowest BCUT2D eigenvalue weighted by Gasteiger charge is -2.30. The minimum absolute atomic E-state index is 0.105. The first kappa shape index (κ1) is 11.5. The highest BCUT2D eigenvalue weighted by Crippen LogP contribution is 2.45. The van der Waals surface area contributed by atoms with Gasteiger partial charge in [-0.15, -0.1) is 0 Å². The quantitative estimate of drug-likeness (QED) is 0.819. The zero-order chi connectivity index (χ0) is 11.8. The summed E-state index contributed by atoms with van der Waals surface area (Å²) in [5.41, 5.74) is -0.660. The van der Waals surface area contributed by atoms with Gasteiger partial charge in [-0.1, -0.05) is 13.3 Å². The van der Waals surface area contributed by atoms with Crippen molar-refractivity contribution in [2.24, 2.45) is 5.92 Å². The monoisotopic (exact) mass is 226 g/mol. The van der Waals surface area contributed by atoms with Crippen LogP contribution in [0.4, 0.5) is 8.78 Å². The van der Waals surface area contributed by atoms with Crippen molar-refractivity contribution in [1.82, 2.24) is 0 Å². The summed E-state index contributed by atoms with van der Waals surface area (Å²) in [7, 11) is 0. The van der Waals surface area contributed by atoms with E-state index in [4.69, 9.17) is 0 Å². The smallest absolute Gasteiger partial charge is 0.126 e. The van der Waals surface area contributed by atoms with Gasteiger partial charge in [0, 0.05) is 6.07 Å². The molecule has 3 heteroatoms. The van der Waals surface area contributed by atoms with Gasteiger partial charge in [-0.05, 0) is 42.9 Å².